The van der Waals surface area contributed by atoms with Crippen molar-refractivity contribution < 1.29 is 33.3 Å². The Morgan fingerprint density at radius 3 is 2.23 bits per heavy atom. The highest BCUT2D eigenvalue weighted by Crippen LogP contribution is 2.15. The zero-order chi connectivity index (χ0) is 17.3. The molecule has 0 rings (SSSR count). The van der Waals surface area contributed by atoms with Gasteiger partial charge in [0.15, 0.2) is 8.03 Å². The van der Waals surface area contributed by atoms with Crippen LogP contribution in [-0.4, -0.2) is 43.0 Å². The van der Waals surface area contributed by atoms with Crippen LogP contribution in [0.25, 0.3) is 0 Å². The number of carbonyl (C=O) groups is 2. The van der Waals surface area contributed by atoms with Crippen LogP contribution in [0.1, 0.15) is 34.1 Å². The molecule has 2 N–H and O–H groups in total. The van der Waals surface area contributed by atoms with Gasteiger partial charge in [0.2, 0.25) is 0 Å². The largest absolute Gasteiger partial charge is 0.425 e. The van der Waals surface area contributed by atoms with Crippen LogP contribution in [0, 0.1) is 11.8 Å². The summed E-state index contributed by atoms with van der Waals surface area (Å²) in [6.45, 7) is 8.27. The molecule has 0 aliphatic rings. The van der Waals surface area contributed by atoms with Crippen molar-refractivity contribution >= 4 is 20.1 Å². The molecule has 1 amide bonds. The summed E-state index contributed by atoms with van der Waals surface area (Å²) in [5.74, 6) is -1.05. The first-order valence-electron chi connectivity index (χ1n) is 7.12. The monoisotopic (exact) mass is 339 g/mol. The third kappa shape index (κ3) is 9.76. The summed E-state index contributed by atoms with van der Waals surface area (Å²) in [6, 6.07) is 0. The Hall–Kier alpha value is -1.11. The lowest BCUT2D eigenvalue weighted by atomic mass is 10.2. The molecule has 0 aromatic carbocycles. The standard InChI is InChI=1S/C13H26NO7P/c1-8(2)11(16)20-12(9(3)4)21-13(17)14-10(15)6-7-19-22(5)18/h8-10,12,15,22H,6-7H2,1-5H3,(H,14,17). The van der Waals surface area contributed by atoms with E-state index in [-0.39, 0.29) is 24.9 Å². The van der Waals surface area contributed by atoms with Gasteiger partial charge in [0, 0.05) is 19.0 Å². The van der Waals surface area contributed by atoms with Gasteiger partial charge < -0.3 is 19.1 Å². The molecule has 0 radical (unpaired) electrons. The predicted octanol–water partition coefficient (Wildman–Crippen LogP) is 1.72. The summed E-state index contributed by atoms with van der Waals surface area (Å²) in [7, 11) is -2.07. The van der Waals surface area contributed by atoms with Crippen LogP contribution >= 0.6 is 8.03 Å². The van der Waals surface area contributed by atoms with Gasteiger partial charge in [-0.2, -0.15) is 0 Å². The zero-order valence-corrected chi connectivity index (χ0v) is 14.6. The predicted molar refractivity (Wildman–Crippen MR) is 80.7 cm³/mol. The Kier molecular flexibility index (Phi) is 10.1. The van der Waals surface area contributed by atoms with Crippen LogP contribution < -0.4 is 5.32 Å². The number of aliphatic hydroxyl groups is 1. The molecule has 0 aromatic heterocycles. The summed E-state index contributed by atoms with van der Waals surface area (Å²) >= 11 is 0. The molecule has 0 saturated heterocycles. The Labute approximate surface area is 131 Å². The molecule has 22 heavy (non-hydrogen) atoms. The topological polar surface area (TPSA) is 111 Å². The van der Waals surface area contributed by atoms with E-state index in [2.05, 4.69) is 5.32 Å². The summed E-state index contributed by atoms with van der Waals surface area (Å²) in [6.07, 6.45) is -3.09. The minimum atomic E-state index is -2.07. The number of ether oxygens (including phenoxy) is 2. The number of alkyl carbamates (subject to hydrolysis) is 1. The fraction of sp³-hybridized carbons (Fsp3) is 0.846. The third-order valence-electron chi connectivity index (χ3n) is 2.45. The molecule has 0 aliphatic carbocycles. The van der Waals surface area contributed by atoms with Gasteiger partial charge in [0.25, 0.3) is 6.29 Å². The second kappa shape index (κ2) is 10.6. The third-order valence-corrected chi connectivity index (χ3v) is 3.06. The number of aliphatic hydroxyl groups excluding tert-OH is 1. The average Bonchev–Trinajstić information content (AvgIpc) is 2.36. The Balaban J connectivity index is 4.28. The van der Waals surface area contributed by atoms with Crippen molar-refractivity contribution in [3.05, 3.63) is 0 Å². The molecular weight excluding hydrogens is 313 g/mol. The molecule has 3 atom stereocenters. The van der Waals surface area contributed by atoms with Gasteiger partial charge in [-0.1, -0.05) is 27.7 Å². The molecule has 130 valence electrons. The summed E-state index contributed by atoms with van der Waals surface area (Å²) < 4.78 is 25.6. The molecule has 3 unspecified atom stereocenters. The number of nitrogens with one attached hydrogen (secondary N) is 1. The van der Waals surface area contributed by atoms with E-state index >= 15 is 0 Å². The van der Waals surface area contributed by atoms with Crippen LogP contribution in [0.2, 0.25) is 0 Å². The summed E-state index contributed by atoms with van der Waals surface area (Å²) in [5.41, 5.74) is 0. The molecule has 0 aliphatic heterocycles. The van der Waals surface area contributed by atoms with Crippen molar-refractivity contribution in [2.75, 3.05) is 13.3 Å². The molecule has 9 heteroatoms. The molecule has 0 fully saturated rings. The number of esters is 1. The lowest BCUT2D eigenvalue weighted by molar-refractivity contribution is -0.179. The quantitative estimate of drug-likeness (QED) is 0.374. The number of amides is 1. The van der Waals surface area contributed by atoms with Gasteiger partial charge in [0.05, 0.1) is 12.5 Å². The van der Waals surface area contributed by atoms with E-state index in [0.29, 0.717) is 0 Å². The van der Waals surface area contributed by atoms with E-state index in [1.54, 1.807) is 27.7 Å². The van der Waals surface area contributed by atoms with E-state index < -0.39 is 32.6 Å². The van der Waals surface area contributed by atoms with Gasteiger partial charge in [-0.15, -0.1) is 0 Å². The maximum Gasteiger partial charge on any atom is 0.412 e. The smallest absolute Gasteiger partial charge is 0.412 e. The minimum absolute atomic E-state index is 0.0473. The summed E-state index contributed by atoms with van der Waals surface area (Å²) in [4.78, 5) is 23.2. The first-order valence-corrected chi connectivity index (χ1v) is 8.94. The van der Waals surface area contributed by atoms with Crippen LogP contribution in [0.5, 0.6) is 0 Å². The van der Waals surface area contributed by atoms with E-state index in [9.17, 15) is 19.3 Å². The minimum Gasteiger partial charge on any atom is -0.425 e. The first-order chi connectivity index (χ1) is 10.1. The van der Waals surface area contributed by atoms with E-state index in [1.807, 2.05) is 0 Å². The van der Waals surface area contributed by atoms with Crippen molar-refractivity contribution in [3.63, 3.8) is 0 Å². The first kappa shape index (κ1) is 20.9. The van der Waals surface area contributed by atoms with Gasteiger partial charge in [-0.3, -0.25) is 14.7 Å². The highest BCUT2D eigenvalue weighted by atomic mass is 31.1. The molecule has 0 saturated carbocycles. The maximum absolute atomic E-state index is 11.6. The Morgan fingerprint density at radius 1 is 1.18 bits per heavy atom. The van der Waals surface area contributed by atoms with E-state index in [0.717, 1.165) is 0 Å². The molecule has 0 bridgehead atoms. The fourth-order valence-electron chi connectivity index (χ4n) is 1.21. The highest BCUT2D eigenvalue weighted by Gasteiger charge is 2.24. The summed E-state index contributed by atoms with van der Waals surface area (Å²) in [5, 5.41) is 11.7. The van der Waals surface area contributed by atoms with Gasteiger partial charge in [-0.05, 0) is 0 Å². The van der Waals surface area contributed by atoms with Gasteiger partial charge in [0.1, 0.15) is 6.23 Å². The SMILES string of the molecule is CC(C)C(=O)OC(OC(=O)NC(O)CCO[PH](C)=O)C(C)C. The zero-order valence-electron chi connectivity index (χ0n) is 13.6. The van der Waals surface area contributed by atoms with E-state index in [4.69, 9.17) is 14.0 Å². The van der Waals surface area contributed by atoms with Crippen molar-refractivity contribution in [1.29, 1.82) is 0 Å². The normalized spacial score (nSPS) is 15.3. The number of carbonyl (C=O) groups excluding carboxylic acids is 2. The van der Waals surface area contributed by atoms with Crippen LogP contribution in [-0.2, 0) is 23.4 Å². The maximum atomic E-state index is 11.6. The fourth-order valence-corrected chi connectivity index (χ4v) is 1.61. The average molecular weight is 339 g/mol. The van der Waals surface area contributed by atoms with Crippen molar-refractivity contribution in [2.45, 2.75) is 46.6 Å². The van der Waals surface area contributed by atoms with Crippen molar-refractivity contribution in [3.8, 4) is 0 Å². The Morgan fingerprint density at radius 2 is 1.77 bits per heavy atom. The molecular formula is C13H26NO7P. The van der Waals surface area contributed by atoms with E-state index in [1.165, 1.54) is 6.66 Å². The number of hydrogen-bond acceptors (Lipinski definition) is 7. The second-order valence-corrected chi connectivity index (χ2v) is 6.67. The molecule has 0 spiro atoms. The lowest BCUT2D eigenvalue weighted by Gasteiger charge is -2.23. The molecule has 8 nitrogen and oxygen atoms in total. The number of hydrogen-bond donors (Lipinski definition) is 2. The van der Waals surface area contributed by atoms with Crippen LogP contribution in [0.4, 0.5) is 4.79 Å². The molecule has 0 aromatic rings. The van der Waals surface area contributed by atoms with Gasteiger partial charge >= 0.3 is 12.1 Å². The van der Waals surface area contributed by atoms with Crippen LogP contribution in [0.3, 0.4) is 0 Å². The molecule has 0 heterocycles. The number of rotatable bonds is 9. The van der Waals surface area contributed by atoms with Crippen LogP contribution in [0.15, 0.2) is 0 Å². The second-order valence-electron chi connectivity index (χ2n) is 5.40. The van der Waals surface area contributed by atoms with Crippen molar-refractivity contribution in [2.24, 2.45) is 11.8 Å². The highest BCUT2D eigenvalue weighted by molar-refractivity contribution is 7.38. The Bertz CT molecular complexity index is 387. The lowest BCUT2D eigenvalue weighted by Crippen LogP contribution is -2.40. The van der Waals surface area contributed by atoms with Crippen molar-refractivity contribution in [1.82, 2.24) is 5.32 Å². The van der Waals surface area contributed by atoms with Gasteiger partial charge in [-0.25, -0.2) is 4.79 Å².